The lowest BCUT2D eigenvalue weighted by atomic mass is 9.97. The van der Waals surface area contributed by atoms with Gasteiger partial charge in [0.15, 0.2) is 5.78 Å². The van der Waals surface area contributed by atoms with Crippen molar-refractivity contribution in [3.63, 3.8) is 0 Å². The third-order valence-electron chi connectivity index (χ3n) is 4.33. The number of non-ortho nitro benzene ring substituents is 1. The van der Waals surface area contributed by atoms with E-state index < -0.39 is 11.0 Å². The number of carbonyl (C=O) groups excluding carboxylic acids is 2. The molecule has 0 radical (unpaired) electrons. The van der Waals surface area contributed by atoms with Gasteiger partial charge >= 0.3 is 0 Å². The van der Waals surface area contributed by atoms with Crippen molar-refractivity contribution < 1.29 is 14.5 Å². The van der Waals surface area contributed by atoms with Crippen molar-refractivity contribution in [3.8, 4) is 0 Å². The molecule has 1 amide bonds. The van der Waals surface area contributed by atoms with Crippen molar-refractivity contribution in [2.75, 3.05) is 0 Å². The number of hydrogen-bond donors (Lipinski definition) is 1. The SMILES string of the molecule is O=C(CC(NC(=O)c1ccccc1)c1ccc([N+](=O)[O-])cc1)c1ccccc1. The summed E-state index contributed by atoms with van der Waals surface area (Å²) in [5.74, 6) is -0.442. The molecule has 0 bridgehead atoms. The summed E-state index contributed by atoms with van der Waals surface area (Å²) in [5, 5.41) is 13.8. The zero-order valence-corrected chi connectivity index (χ0v) is 14.9. The van der Waals surface area contributed by atoms with Crippen LogP contribution in [-0.2, 0) is 0 Å². The lowest BCUT2D eigenvalue weighted by Gasteiger charge is -2.19. The van der Waals surface area contributed by atoms with Gasteiger partial charge in [-0.25, -0.2) is 0 Å². The van der Waals surface area contributed by atoms with Crippen LogP contribution in [-0.4, -0.2) is 16.6 Å². The van der Waals surface area contributed by atoms with Gasteiger partial charge < -0.3 is 5.32 Å². The first-order valence-corrected chi connectivity index (χ1v) is 8.73. The van der Waals surface area contributed by atoms with Gasteiger partial charge in [-0.15, -0.1) is 0 Å². The molecule has 0 spiro atoms. The van der Waals surface area contributed by atoms with Gasteiger partial charge in [0.2, 0.25) is 0 Å². The summed E-state index contributed by atoms with van der Waals surface area (Å²) in [7, 11) is 0. The van der Waals surface area contributed by atoms with E-state index in [1.54, 1.807) is 60.7 Å². The average Bonchev–Trinajstić information content (AvgIpc) is 2.74. The highest BCUT2D eigenvalue weighted by Gasteiger charge is 2.21. The molecule has 0 aliphatic carbocycles. The maximum Gasteiger partial charge on any atom is 0.269 e. The van der Waals surface area contributed by atoms with E-state index in [4.69, 9.17) is 0 Å². The topological polar surface area (TPSA) is 89.3 Å². The predicted octanol–water partition coefficient (Wildman–Crippen LogP) is 4.34. The van der Waals surface area contributed by atoms with Crippen LogP contribution in [0.2, 0.25) is 0 Å². The molecule has 0 heterocycles. The minimum Gasteiger partial charge on any atom is -0.345 e. The van der Waals surface area contributed by atoms with E-state index in [1.165, 1.54) is 12.1 Å². The number of nitro benzene ring substituents is 1. The summed E-state index contributed by atoms with van der Waals surface area (Å²) >= 11 is 0. The number of nitrogens with one attached hydrogen (secondary N) is 1. The third-order valence-corrected chi connectivity index (χ3v) is 4.33. The van der Waals surface area contributed by atoms with Crippen LogP contribution in [0.4, 0.5) is 5.69 Å². The molecule has 0 aliphatic rings. The standard InChI is InChI=1S/C22H18N2O4/c25-21(17-7-3-1-4-8-17)15-20(16-11-13-19(14-12-16)24(27)28)23-22(26)18-9-5-2-6-10-18/h1-14,20H,15H2,(H,23,26). The van der Waals surface area contributed by atoms with Crippen LogP contribution >= 0.6 is 0 Å². The molecule has 3 aromatic carbocycles. The maximum absolute atomic E-state index is 12.7. The van der Waals surface area contributed by atoms with Gasteiger partial charge in [0.05, 0.1) is 11.0 Å². The molecule has 1 atom stereocenters. The Bertz CT molecular complexity index is 917. The number of amides is 1. The average molecular weight is 374 g/mol. The second-order valence-corrected chi connectivity index (χ2v) is 6.23. The summed E-state index contributed by atoms with van der Waals surface area (Å²) in [6.45, 7) is 0. The first kappa shape index (κ1) is 19.0. The third kappa shape index (κ3) is 4.67. The molecule has 0 aromatic heterocycles. The number of Topliss-reactive ketones (excluding diaryl/α,β-unsaturated/α-hetero) is 1. The van der Waals surface area contributed by atoms with Crippen LogP contribution in [0.5, 0.6) is 0 Å². The highest BCUT2D eigenvalue weighted by Crippen LogP contribution is 2.23. The molecule has 1 N–H and O–H groups in total. The Morgan fingerprint density at radius 3 is 1.89 bits per heavy atom. The molecule has 0 fully saturated rings. The summed E-state index contributed by atoms with van der Waals surface area (Å²) in [6.07, 6.45) is 0.0421. The van der Waals surface area contributed by atoms with Crippen LogP contribution < -0.4 is 5.32 Å². The highest BCUT2D eigenvalue weighted by molar-refractivity contribution is 5.98. The van der Waals surface area contributed by atoms with E-state index in [2.05, 4.69) is 5.32 Å². The molecule has 140 valence electrons. The number of nitrogens with zero attached hydrogens (tertiary/aromatic N) is 1. The van der Waals surface area contributed by atoms with Crippen molar-refractivity contribution in [2.45, 2.75) is 12.5 Å². The van der Waals surface area contributed by atoms with Gasteiger partial charge in [-0.2, -0.15) is 0 Å². The van der Waals surface area contributed by atoms with Crippen molar-refractivity contribution in [3.05, 3.63) is 112 Å². The van der Waals surface area contributed by atoms with E-state index in [-0.39, 0.29) is 23.8 Å². The van der Waals surface area contributed by atoms with Crippen LogP contribution in [0.1, 0.15) is 38.7 Å². The van der Waals surface area contributed by atoms with E-state index in [0.29, 0.717) is 16.7 Å². The lowest BCUT2D eigenvalue weighted by molar-refractivity contribution is -0.384. The molecular weight excluding hydrogens is 356 g/mol. The molecule has 3 aromatic rings. The van der Waals surface area contributed by atoms with Crippen LogP contribution in [0.15, 0.2) is 84.9 Å². The second kappa shape index (κ2) is 8.73. The van der Waals surface area contributed by atoms with Crippen molar-refractivity contribution >= 4 is 17.4 Å². The number of carbonyl (C=O) groups is 2. The predicted molar refractivity (Wildman–Crippen MR) is 105 cm³/mol. The second-order valence-electron chi connectivity index (χ2n) is 6.23. The molecule has 6 nitrogen and oxygen atoms in total. The summed E-state index contributed by atoms with van der Waals surface area (Å²) in [5.41, 5.74) is 1.59. The Morgan fingerprint density at radius 2 is 1.36 bits per heavy atom. The van der Waals surface area contributed by atoms with Gasteiger partial charge in [0.1, 0.15) is 0 Å². The Balaban J connectivity index is 1.85. The van der Waals surface area contributed by atoms with Crippen LogP contribution in [0.3, 0.4) is 0 Å². The molecule has 0 aliphatic heterocycles. The Labute approximate surface area is 162 Å². The molecule has 6 heteroatoms. The Morgan fingerprint density at radius 1 is 0.821 bits per heavy atom. The first-order chi connectivity index (χ1) is 13.5. The fourth-order valence-corrected chi connectivity index (χ4v) is 2.84. The summed E-state index contributed by atoms with van der Waals surface area (Å²) in [6, 6.07) is 22.7. The van der Waals surface area contributed by atoms with Gasteiger partial charge in [-0.1, -0.05) is 60.7 Å². The highest BCUT2D eigenvalue weighted by atomic mass is 16.6. The van der Waals surface area contributed by atoms with Gasteiger partial charge in [-0.3, -0.25) is 19.7 Å². The van der Waals surface area contributed by atoms with Crippen molar-refractivity contribution in [1.82, 2.24) is 5.32 Å². The fourth-order valence-electron chi connectivity index (χ4n) is 2.84. The van der Waals surface area contributed by atoms with Crippen LogP contribution in [0, 0.1) is 10.1 Å². The van der Waals surface area contributed by atoms with Crippen molar-refractivity contribution in [2.24, 2.45) is 0 Å². The fraction of sp³-hybridized carbons (Fsp3) is 0.0909. The number of rotatable bonds is 7. The number of hydrogen-bond acceptors (Lipinski definition) is 4. The zero-order valence-electron chi connectivity index (χ0n) is 14.9. The van der Waals surface area contributed by atoms with E-state index in [0.717, 1.165) is 0 Å². The van der Waals surface area contributed by atoms with Gasteiger partial charge in [0, 0.05) is 29.7 Å². The first-order valence-electron chi connectivity index (χ1n) is 8.73. The zero-order chi connectivity index (χ0) is 19.9. The monoisotopic (exact) mass is 374 g/mol. The number of benzene rings is 3. The maximum atomic E-state index is 12.7. The number of ketones is 1. The summed E-state index contributed by atoms with van der Waals surface area (Å²) in [4.78, 5) is 35.7. The largest absolute Gasteiger partial charge is 0.345 e. The minimum absolute atomic E-state index is 0.0421. The molecule has 0 saturated carbocycles. The Hall–Kier alpha value is -3.80. The smallest absolute Gasteiger partial charge is 0.269 e. The molecular formula is C22H18N2O4. The minimum atomic E-state index is -0.610. The van der Waals surface area contributed by atoms with E-state index in [9.17, 15) is 19.7 Å². The molecule has 0 saturated heterocycles. The van der Waals surface area contributed by atoms with Gasteiger partial charge in [0.25, 0.3) is 11.6 Å². The van der Waals surface area contributed by atoms with E-state index >= 15 is 0 Å². The van der Waals surface area contributed by atoms with E-state index in [1.807, 2.05) is 12.1 Å². The summed E-state index contributed by atoms with van der Waals surface area (Å²) < 4.78 is 0. The quantitative estimate of drug-likeness (QED) is 0.378. The van der Waals surface area contributed by atoms with Gasteiger partial charge in [-0.05, 0) is 17.7 Å². The molecule has 1 unspecified atom stereocenters. The lowest BCUT2D eigenvalue weighted by Crippen LogP contribution is -2.30. The molecule has 3 rings (SSSR count). The Kier molecular flexibility index (Phi) is 5.91. The molecule has 28 heavy (non-hydrogen) atoms. The normalized spacial score (nSPS) is 11.4. The van der Waals surface area contributed by atoms with Crippen LogP contribution in [0.25, 0.3) is 0 Å². The van der Waals surface area contributed by atoms with Crippen molar-refractivity contribution in [1.29, 1.82) is 0 Å². The number of nitro groups is 1.